The van der Waals surface area contributed by atoms with Gasteiger partial charge in [-0.3, -0.25) is 0 Å². The maximum absolute atomic E-state index is 5.61. The minimum absolute atomic E-state index is 0.604. The first-order chi connectivity index (χ1) is 7.22. The SMILES string of the molecule is Cc1cc(CN)ccc1-c1sccc1Br. The Morgan fingerprint density at radius 2 is 2.13 bits per heavy atom. The zero-order valence-corrected chi connectivity index (χ0v) is 10.9. The third-order valence-corrected chi connectivity index (χ3v) is 4.26. The summed E-state index contributed by atoms with van der Waals surface area (Å²) in [5.74, 6) is 0. The molecule has 0 atom stereocenters. The quantitative estimate of drug-likeness (QED) is 0.887. The number of hydrogen-bond donors (Lipinski definition) is 1. The Morgan fingerprint density at radius 1 is 1.33 bits per heavy atom. The molecule has 0 spiro atoms. The van der Waals surface area contributed by atoms with Gasteiger partial charge in [0.25, 0.3) is 0 Å². The van der Waals surface area contributed by atoms with E-state index in [0.717, 1.165) is 4.47 Å². The Morgan fingerprint density at radius 3 is 2.67 bits per heavy atom. The van der Waals surface area contributed by atoms with E-state index in [-0.39, 0.29) is 0 Å². The molecular formula is C12H12BrNS. The van der Waals surface area contributed by atoms with Crippen molar-refractivity contribution in [2.75, 3.05) is 0 Å². The molecule has 0 aliphatic heterocycles. The van der Waals surface area contributed by atoms with Crippen LogP contribution in [0.15, 0.2) is 34.1 Å². The average molecular weight is 282 g/mol. The molecule has 0 saturated heterocycles. The molecular weight excluding hydrogens is 270 g/mol. The van der Waals surface area contributed by atoms with Crippen LogP contribution in [0.3, 0.4) is 0 Å². The Balaban J connectivity index is 2.50. The lowest BCUT2D eigenvalue weighted by Gasteiger charge is -2.06. The van der Waals surface area contributed by atoms with Crippen LogP contribution in [0.25, 0.3) is 10.4 Å². The van der Waals surface area contributed by atoms with Gasteiger partial charge in [0.15, 0.2) is 0 Å². The fourth-order valence-corrected chi connectivity index (χ4v) is 3.27. The lowest BCUT2D eigenvalue weighted by atomic mass is 10.0. The van der Waals surface area contributed by atoms with Gasteiger partial charge in [-0.15, -0.1) is 11.3 Å². The van der Waals surface area contributed by atoms with E-state index in [1.807, 2.05) is 0 Å². The molecule has 78 valence electrons. The van der Waals surface area contributed by atoms with Crippen LogP contribution in [0.1, 0.15) is 11.1 Å². The molecule has 1 aromatic carbocycles. The number of thiophene rings is 1. The molecule has 0 aliphatic carbocycles. The maximum Gasteiger partial charge on any atom is 0.0487 e. The van der Waals surface area contributed by atoms with Gasteiger partial charge in [0.05, 0.1) is 0 Å². The maximum atomic E-state index is 5.61. The van der Waals surface area contributed by atoms with E-state index in [0.29, 0.717) is 6.54 Å². The van der Waals surface area contributed by atoms with Gasteiger partial charge in [0.2, 0.25) is 0 Å². The van der Waals surface area contributed by atoms with Gasteiger partial charge < -0.3 is 5.73 Å². The van der Waals surface area contributed by atoms with Crippen LogP contribution in [0.2, 0.25) is 0 Å². The summed E-state index contributed by atoms with van der Waals surface area (Å²) >= 11 is 5.31. The smallest absolute Gasteiger partial charge is 0.0487 e. The zero-order valence-electron chi connectivity index (χ0n) is 8.46. The predicted molar refractivity (Wildman–Crippen MR) is 70.1 cm³/mol. The summed E-state index contributed by atoms with van der Waals surface area (Å²) in [6, 6.07) is 8.47. The van der Waals surface area contributed by atoms with Gasteiger partial charge in [-0.05, 0) is 51.0 Å². The summed E-state index contributed by atoms with van der Waals surface area (Å²) in [4.78, 5) is 1.29. The summed E-state index contributed by atoms with van der Waals surface area (Å²) in [5, 5.41) is 2.09. The Kier molecular flexibility index (Phi) is 3.24. The molecule has 2 N–H and O–H groups in total. The minimum atomic E-state index is 0.604. The molecule has 15 heavy (non-hydrogen) atoms. The second kappa shape index (κ2) is 4.47. The highest BCUT2D eigenvalue weighted by Gasteiger charge is 2.07. The fraction of sp³-hybridized carbons (Fsp3) is 0.167. The highest BCUT2D eigenvalue weighted by Crippen LogP contribution is 2.35. The van der Waals surface area contributed by atoms with Crippen LogP contribution in [-0.2, 0) is 6.54 Å². The number of hydrogen-bond acceptors (Lipinski definition) is 2. The van der Waals surface area contributed by atoms with Gasteiger partial charge in [-0.25, -0.2) is 0 Å². The summed E-state index contributed by atoms with van der Waals surface area (Å²) < 4.78 is 1.16. The highest BCUT2D eigenvalue weighted by atomic mass is 79.9. The molecule has 0 fully saturated rings. The second-order valence-corrected chi connectivity index (χ2v) is 5.22. The summed E-state index contributed by atoms with van der Waals surface area (Å²) in [6.45, 7) is 2.73. The average Bonchev–Trinajstić information content (AvgIpc) is 2.64. The summed E-state index contributed by atoms with van der Waals surface area (Å²) in [7, 11) is 0. The molecule has 3 heteroatoms. The Hall–Kier alpha value is -0.640. The molecule has 0 aliphatic rings. The van der Waals surface area contributed by atoms with Crippen LogP contribution in [0.5, 0.6) is 0 Å². The predicted octanol–water partition coefficient (Wildman–Crippen LogP) is 3.94. The Bertz CT molecular complexity index is 476. The molecule has 0 radical (unpaired) electrons. The number of aryl methyl sites for hydroxylation is 1. The second-order valence-electron chi connectivity index (χ2n) is 3.45. The highest BCUT2D eigenvalue weighted by molar-refractivity contribution is 9.10. The van der Waals surface area contributed by atoms with Crippen molar-refractivity contribution in [3.05, 3.63) is 45.2 Å². The number of benzene rings is 1. The van der Waals surface area contributed by atoms with E-state index >= 15 is 0 Å². The number of nitrogens with two attached hydrogens (primary N) is 1. The first-order valence-corrected chi connectivity index (χ1v) is 6.42. The van der Waals surface area contributed by atoms with Gasteiger partial charge >= 0.3 is 0 Å². The summed E-state index contributed by atoms with van der Waals surface area (Å²) in [5.41, 5.74) is 9.36. The van der Waals surface area contributed by atoms with Crippen molar-refractivity contribution in [3.63, 3.8) is 0 Å². The molecule has 1 nitrogen and oxygen atoms in total. The number of rotatable bonds is 2. The van der Waals surface area contributed by atoms with Gasteiger partial charge in [-0.1, -0.05) is 18.2 Å². The van der Waals surface area contributed by atoms with Crippen molar-refractivity contribution in [1.82, 2.24) is 0 Å². The zero-order chi connectivity index (χ0) is 10.8. The van der Waals surface area contributed by atoms with Gasteiger partial charge in [0.1, 0.15) is 0 Å². The van der Waals surface area contributed by atoms with Crippen LogP contribution >= 0.6 is 27.3 Å². The molecule has 2 aromatic rings. The number of halogens is 1. The lowest BCUT2D eigenvalue weighted by Crippen LogP contribution is -1.96. The molecule has 1 aromatic heterocycles. The first kappa shape index (κ1) is 10.9. The first-order valence-electron chi connectivity index (χ1n) is 4.75. The van der Waals surface area contributed by atoms with E-state index in [2.05, 4.69) is 52.5 Å². The molecule has 0 bridgehead atoms. The van der Waals surface area contributed by atoms with Crippen LogP contribution < -0.4 is 5.73 Å². The van der Waals surface area contributed by atoms with E-state index in [1.165, 1.54) is 21.6 Å². The van der Waals surface area contributed by atoms with Crippen molar-refractivity contribution in [1.29, 1.82) is 0 Å². The fourth-order valence-electron chi connectivity index (χ4n) is 1.59. The summed E-state index contributed by atoms with van der Waals surface area (Å²) in [6.07, 6.45) is 0. The molecule has 0 unspecified atom stereocenters. The van der Waals surface area contributed by atoms with Crippen molar-refractivity contribution in [3.8, 4) is 10.4 Å². The third kappa shape index (κ3) is 2.14. The van der Waals surface area contributed by atoms with Crippen molar-refractivity contribution in [2.24, 2.45) is 5.73 Å². The van der Waals surface area contributed by atoms with E-state index in [4.69, 9.17) is 5.73 Å². The Labute approximate surface area is 102 Å². The van der Waals surface area contributed by atoms with Gasteiger partial charge in [0, 0.05) is 15.9 Å². The standard InChI is InChI=1S/C12H12BrNS/c1-8-6-9(7-14)2-3-10(8)12-11(13)4-5-15-12/h2-6H,7,14H2,1H3. The largest absolute Gasteiger partial charge is 0.326 e. The molecule has 1 heterocycles. The topological polar surface area (TPSA) is 26.0 Å². The van der Waals surface area contributed by atoms with E-state index in [1.54, 1.807) is 11.3 Å². The van der Waals surface area contributed by atoms with Gasteiger partial charge in [-0.2, -0.15) is 0 Å². The van der Waals surface area contributed by atoms with E-state index < -0.39 is 0 Å². The molecule has 0 amide bonds. The third-order valence-electron chi connectivity index (χ3n) is 2.39. The van der Waals surface area contributed by atoms with Crippen LogP contribution in [0, 0.1) is 6.92 Å². The lowest BCUT2D eigenvalue weighted by molar-refractivity contribution is 1.07. The van der Waals surface area contributed by atoms with Crippen molar-refractivity contribution in [2.45, 2.75) is 13.5 Å². The molecule has 2 rings (SSSR count). The van der Waals surface area contributed by atoms with Crippen LogP contribution in [0.4, 0.5) is 0 Å². The molecule has 0 saturated carbocycles. The van der Waals surface area contributed by atoms with E-state index in [9.17, 15) is 0 Å². The monoisotopic (exact) mass is 281 g/mol. The normalized spacial score (nSPS) is 10.6. The van der Waals surface area contributed by atoms with Crippen LogP contribution in [-0.4, -0.2) is 0 Å². The van der Waals surface area contributed by atoms with Crippen molar-refractivity contribution < 1.29 is 0 Å². The minimum Gasteiger partial charge on any atom is -0.326 e. The van der Waals surface area contributed by atoms with Crippen molar-refractivity contribution >= 4 is 27.3 Å².